The minimum atomic E-state index is -1.84. The summed E-state index contributed by atoms with van der Waals surface area (Å²) in [6, 6.07) is 23.4. The predicted octanol–water partition coefficient (Wildman–Crippen LogP) is 11.7. The van der Waals surface area contributed by atoms with Crippen molar-refractivity contribution < 1.29 is 28.3 Å². The molecule has 0 fully saturated rings. The lowest BCUT2D eigenvalue weighted by Crippen LogP contribution is -2.32. The molecule has 0 saturated carbocycles. The number of phenolic OH excluding ortho intramolecular Hbond substituents is 1. The maximum atomic E-state index is 14.1. The Kier molecular flexibility index (Phi) is 11.9. The zero-order chi connectivity index (χ0) is 38.9. The number of amides is 2. The van der Waals surface area contributed by atoms with Crippen molar-refractivity contribution in [2.45, 2.75) is 58.2 Å². The molecule has 13 heteroatoms. The first-order valence-electron chi connectivity index (χ1n) is 18.6. The van der Waals surface area contributed by atoms with Gasteiger partial charge < -0.3 is 19.4 Å². The number of alkyl halides is 2. The van der Waals surface area contributed by atoms with Crippen molar-refractivity contribution in [3.63, 3.8) is 0 Å². The van der Waals surface area contributed by atoms with Crippen molar-refractivity contribution in [1.82, 2.24) is 0 Å². The van der Waals surface area contributed by atoms with E-state index >= 15 is 0 Å². The Bertz CT molecular complexity index is 2350. The molecule has 2 atom stereocenters. The number of carbonyl (C=O) groups is 2. The Morgan fingerprint density at radius 3 is 1.75 bits per heavy atom. The first-order valence-corrected chi connectivity index (χ1v) is 22.5. The van der Waals surface area contributed by atoms with Gasteiger partial charge in [-0.25, -0.2) is 0 Å². The second kappa shape index (κ2) is 17.0. The number of halogens is 2. The molecule has 4 aromatic carbocycles. The van der Waals surface area contributed by atoms with Gasteiger partial charge in [-0.05, 0) is 64.4 Å². The SMILES string of the molecule is Cc1csc2c(O)cc3c(c12)[C@H](CCl)CN3C(=O)CCCC(=O)N1C[C@@H](CCl)c2c1cc(OP(OCc1ccccc1)OCc1ccccc1)c1scc(C)c21. The van der Waals surface area contributed by atoms with Crippen LogP contribution in [0.2, 0.25) is 0 Å². The minimum Gasteiger partial charge on any atom is -0.506 e. The molecule has 0 radical (unpaired) electrons. The Hall–Kier alpha value is -3.73. The van der Waals surface area contributed by atoms with E-state index < -0.39 is 8.60 Å². The number of fused-ring (bicyclic) bond motifs is 6. The van der Waals surface area contributed by atoms with Gasteiger partial charge in [0, 0.05) is 72.4 Å². The standard InChI is InChI=1S/C43H41Cl2N2O6PS2/c1-26-24-55-42-34(48)16-32-40(38(26)42)30(18-44)20-46(32)36(49)14-9-15-37(50)47-21-31(19-45)41-33(47)17-35(43-39(41)27(2)25-56-43)53-54(51-22-28-10-5-3-6-11-28)52-23-29-12-7-4-8-13-29/h3-8,10-13,16-17,24-25,30-31,48H,9,14-15,18-23H2,1-2H3/t30-,31-/m1/s1. The predicted molar refractivity (Wildman–Crippen MR) is 230 cm³/mol. The summed E-state index contributed by atoms with van der Waals surface area (Å²) in [5.41, 5.74) is 7.68. The topological polar surface area (TPSA) is 88.5 Å². The molecule has 56 heavy (non-hydrogen) atoms. The average molecular weight is 848 g/mol. The van der Waals surface area contributed by atoms with Crippen molar-refractivity contribution in [2.24, 2.45) is 0 Å². The van der Waals surface area contributed by atoms with Crippen LogP contribution in [0.3, 0.4) is 0 Å². The van der Waals surface area contributed by atoms with E-state index in [9.17, 15) is 14.7 Å². The van der Waals surface area contributed by atoms with Crippen LogP contribution in [0.15, 0.2) is 83.6 Å². The van der Waals surface area contributed by atoms with Gasteiger partial charge in [-0.15, -0.1) is 45.9 Å². The summed E-state index contributed by atoms with van der Waals surface area (Å²) in [4.78, 5) is 31.4. The maximum Gasteiger partial charge on any atom is 0.397 e. The number of carbonyl (C=O) groups excluding carboxylic acids is 2. The number of rotatable bonds is 14. The summed E-state index contributed by atoms with van der Waals surface area (Å²) in [6.45, 7) is 5.60. The lowest BCUT2D eigenvalue weighted by atomic mass is 9.97. The molecule has 2 aromatic heterocycles. The van der Waals surface area contributed by atoms with Gasteiger partial charge in [0.1, 0.15) is 11.5 Å². The van der Waals surface area contributed by atoms with Gasteiger partial charge in [-0.2, -0.15) is 0 Å². The lowest BCUT2D eigenvalue weighted by Gasteiger charge is -2.22. The third kappa shape index (κ3) is 7.65. The monoisotopic (exact) mass is 846 g/mol. The molecule has 290 valence electrons. The minimum absolute atomic E-state index is 0.0375. The van der Waals surface area contributed by atoms with Crippen molar-refractivity contribution in [2.75, 3.05) is 34.6 Å². The molecule has 0 saturated heterocycles. The molecule has 0 aliphatic carbocycles. The molecule has 0 unspecified atom stereocenters. The third-order valence-corrected chi connectivity index (χ3v) is 14.5. The molecule has 2 aliphatic rings. The van der Waals surface area contributed by atoms with Crippen LogP contribution in [0.4, 0.5) is 11.4 Å². The summed E-state index contributed by atoms with van der Waals surface area (Å²) in [6.07, 6.45) is 0.727. The summed E-state index contributed by atoms with van der Waals surface area (Å²) < 4.78 is 21.0. The van der Waals surface area contributed by atoms with Crippen molar-refractivity contribution >= 4 is 97.8 Å². The Labute approximate surface area is 345 Å². The number of aryl methyl sites for hydroxylation is 2. The normalized spacial score (nSPS) is 16.3. The number of phenols is 1. The molecule has 0 spiro atoms. The van der Waals surface area contributed by atoms with Crippen LogP contribution in [0.5, 0.6) is 11.5 Å². The van der Waals surface area contributed by atoms with Gasteiger partial charge in [0.25, 0.3) is 0 Å². The number of hydrogen-bond donors (Lipinski definition) is 1. The Morgan fingerprint density at radius 1 is 0.750 bits per heavy atom. The highest BCUT2D eigenvalue weighted by atomic mass is 35.5. The van der Waals surface area contributed by atoms with Gasteiger partial charge in [-0.1, -0.05) is 60.7 Å². The molecule has 8 nitrogen and oxygen atoms in total. The number of thiophene rings is 2. The molecule has 6 aromatic rings. The lowest BCUT2D eigenvalue weighted by molar-refractivity contribution is -0.119. The largest absolute Gasteiger partial charge is 0.506 e. The molecular formula is C43H41Cl2N2O6PS2. The van der Waals surface area contributed by atoms with E-state index in [1.807, 2.05) is 79.0 Å². The zero-order valence-corrected chi connectivity index (χ0v) is 35.0. The van der Waals surface area contributed by atoms with E-state index in [-0.39, 0.29) is 42.2 Å². The highest BCUT2D eigenvalue weighted by Crippen LogP contribution is 2.53. The van der Waals surface area contributed by atoms with Gasteiger partial charge in [-0.3, -0.25) is 18.6 Å². The molecule has 4 heterocycles. The summed E-state index contributed by atoms with van der Waals surface area (Å²) in [5, 5.41) is 17.0. The quantitative estimate of drug-likeness (QED) is 0.0868. The average Bonchev–Trinajstić information content (AvgIpc) is 3.99. The fourth-order valence-corrected chi connectivity index (χ4v) is 11.4. The van der Waals surface area contributed by atoms with Gasteiger partial charge >= 0.3 is 8.60 Å². The smallest absolute Gasteiger partial charge is 0.397 e. The van der Waals surface area contributed by atoms with E-state index in [4.69, 9.17) is 36.8 Å². The van der Waals surface area contributed by atoms with Gasteiger partial charge in [0.15, 0.2) is 0 Å². The van der Waals surface area contributed by atoms with Crippen molar-refractivity contribution in [3.05, 3.63) is 117 Å². The van der Waals surface area contributed by atoms with Crippen LogP contribution >= 0.6 is 54.5 Å². The van der Waals surface area contributed by atoms with Crippen LogP contribution in [-0.2, 0) is 31.9 Å². The first-order chi connectivity index (χ1) is 27.2. The summed E-state index contributed by atoms with van der Waals surface area (Å²) >= 11 is 16.1. The van der Waals surface area contributed by atoms with E-state index in [2.05, 4.69) is 12.3 Å². The highest BCUT2D eigenvalue weighted by molar-refractivity contribution is 7.42. The first kappa shape index (κ1) is 39.1. The second-order valence-corrected chi connectivity index (χ2v) is 17.8. The molecule has 1 N–H and O–H groups in total. The Balaban J connectivity index is 1.02. The van der Waals surface area contributed by atoms with Crippen molar-refractivity contribution in [3.8, 4) is 11.5 Å². The summed E-state index contributed by atoms with van der Waals surface area (Å²) in [7, 11) is -1.84. The van der Waals surface area contributed by atoms with E-state index in [0.29, 0.717) is 55.9 Å². The van der Waals surface area contributed by atoms with Crippen LogP contribution in [0.25, 0.3) is 20.2 Å². The number of anilines is 2. The molecule has 0 bridgehead atoms. The van der Waals surface area contributed by atoms with E-state index in [0.717, 1.165) is 59.2 Å². The third-order valence-electron chi connectivity index (χ3n) is 10.5. The summed E-state index contributed by atoms with van der Waals surface area (Å²) in [5.74, 6) is 1.20. The highest BCUT2D eigenvalue weighted by Gasteiger charge is 2.38. The van der Waals surface area contributed by atoms with Crippen LogP contribution < -0.4 is 14.3 Å². The number of aromatic hydroxyl groups is 1. The van der Waals surface area contributed by atoms with Gasteiger partial charge in [0.2, 0.25) is 11.8 Å². The molecule has 2 amide bonds. The Morgan fingerprint density at radius 2 is 1.23 bits per heavy atom. The molecule has 8 rings (SSSR count). The number of hydrogen-bond acceptors (Lipinski definition) is 8. The van der Waals surface area contributed by atoms with Crippen LogP contribution in [0, 0.1) is 13.8 Å². The van der Waals surface area contributed by atoms with Crippen LogP contribution in [0.1, 0.15) is 64.5 Å². The van der Waals surface area contributed by atoms with E-state index in [1.54, 1.807) is 27.2 Å². The van der Waals surface area contributed by atoms with E-state index in [1.165, 1.54) is 11.3 Å². The van der Waals surface area contributed by atoms with Gasteiger partial charge in [0.05, 0.1) is 34.0 Å². The number of nitrogens with zero attached hydrogens (tertiary/aromatic N) is 2. The zero-order valence-electron chi connectivity index (χ0n) is 31.0. The second-order valence-electron chi connectivity index (χ2n) is 14.3. The van der Waals surface area contributed by atoms with Crippen LogP contribution in [-0.4, -0.2) is 41.8 Å². The fraction of sp³-hybridized carbons (Fsp3) is 0.302. The molecular weight excluding hydrogens is 806 g/mol. The molecule has 2 aliphatic heterocycles. The fourth-order valence-electron chi connectivity index (χ4n) is 7.84. The maximum absolute atomic E-state index is 14.1. The number of benzene rings is 4. The van der Waals surface area contributed by atoms with Crippen molar-refractivity contribution in [1.29, 1.82) is 0 Å².